The zero-order valence-corrected chi connectivity index (χ0v) is 10.7. The van der Waals surface area contributed by atoms with E-state index in [1.807, 2.05) is 0 Å². The Morgan fingerprint density at radius 1 is 1.45 bits per heavy atom. The first-order valence-electron chi connectivity index (χ1n) is 5.84. The van der Waals surface area contributed by atoms with E-state index in [1.54, 1.807) is 13.0 Å². The minimum Gasteiger partial charge on any atom is -0.465 e. The van der Waals surface area contributed by atoms with Crippen molar-refractivity contribution in [2.45, 2.75) is 13.3 Å². The smallest absolute Gasteiger partial charge is 0.323 e. The van der Waals surface area contributed by atoms with Gasteiger partial charge in [0.25, 0.3) is 5.69 Å². The van der Waals surface area contributed by atoms with Crippen LogP contribution in [0.5, 0.6) is 0 Å². The van der Waals surface area contributed by atoms with Crippen molar-refractivity contribution in [2.24, 2.45) is 5.92 Å². The molecule has 0 saturated carbocycles. The molecule has 7 nitrogen and oxygen atoms in total. The highest BCUT2D eigenvalue weighted by atomic mass is 16.6. The van der Waals surface area contributed by atoms with Crippen molar-refractivity contribution in [1.29, 1.82) is 5.26 Å². The molecule has 0 aliphatic rings. The summed E-state index contributed by atoms with van der Waals surface area (Å²) in [5, 5.41) is 19.7. The number of nitro groups is 1. The summed E-state index contributed by atoms with van der Waals surface area (Å²) in [6, 6.07) is 7.07. The Balaban J connectivity index is 2.94. The number of nitro benzene ring substituents is 1. The van der Waals surface area contributed by atoms with Gasteiger partial charge in [-0.15, -0.1) is 0 Å². The van der Waals surface area contributed by atoms with Crippen LogP contribution in [0.2, 0.25) is 0 Å². The van der Waals surface area contributed by atoms with Crippen molar-refractivity contribution in [2.75, 3.05) is 6.61 Å². The van der Waals surface area contributed by atoms with E-state index in [0.29, 0.717) is 0 Å². The average Bonchev–Trinajstić information content (AvgIpc) is 2.44. The van der Waals surface area contributed by atoms with Crippen molar-refractivity contribution in [3.05, 3.63) is 39.9 Å². The second kappa shape index (κ2) is 6.99. The molecule has 0 saturated heterocycles. The van der Waals surface area contributed by atoms with Gasteiger partial charge in [-0.1, -0.05) is 12.1 Å². The van der Waals surface area contributed by atoms with Gasteiger partial charge >= 0.3 is 5.97 Å². The maximum Gasteiger partial charge on any atom is 0.323 e. The van der Waals surface area contributed by atoms with E-state index >= 15 is 0 Å². The number of hydrogen-bond acceptors (Lipinski definition) is 6. The number of rotatable bonds is 6. The van der Waals surface area contributed by atoms with E-state index in [4.69, 9.17) is 5.26 Å². The molecule has 0 amide bonds. The summed E-state index contributed by atoms with van der Waals surface area (Å²) < 4.78 is 4.66. The Morgan fingerprint density at radius 2 is 2.10 bits per heavy atom. The van der Waals surface area contributed by atoms with Gasteiger partial charge in [-0.05, 0) is 13.0 Å². The van der Waals surface area contributed by atoms with Gasteiger partial charge in [0.15, 0.2) is 11.7 Å². The van der Waals surface area contributed by atoms with Gasteiger partial charge in [-0.25, -0.2) is 0 Å². The summed E-state index contributed by atoms with van der Waals surface area (Å²) >= 11 is 0. The molecule has 1 aromatic rings. The molecular weight excluding hydrogens is 264 g/mol. The number of nitrogens with zero attached hydrogens (tertiary/aromatic N) is 2. The third-order valence-electron chi connectivity index (χ3n) is 2.52. The second-order valence-electron chi connectivity index (χ2n) is 3.84. The fourth-order valence-corrected chi connectivity index (χ4v) is 1.59. The lowest BCUT2D eigenvalue weighted by molar-refractivity contribution is -0.385. The van der Waals surface area contributed by atoms with Crippen LogP contribution in [0.15, 0.2) is 24.3 Å². The molecular formula is C13H12N2O5. The molecule has 20 heavy (non-hydrogen) atoms. The summed E-state index contributed by atoms with van der Waals surface area (Å²) in [7, 11) is 0. The van der Waals surface area contributed by atoms with Crippen LogP contribution in [0, 0.1) is 27.4 Å². The van der Waals surface area contributed by atoms with Crippen molar-refractivity contribution in [1.82, 2.24) is 0 Å². The third kappa shape index (κ3) is 3.62. The van der Waals surface area contributed by atoms with Crippen LogP contribution < -0.4 is 0 Å². The highest BCUT2D eigenvalue weighted by molar-refractivity contribution is 6.01. The number of ketones is 1. The van der Waals surface area contributed by atoms with Crippen molar-refractivity contribution >= 4 is 17.4 Å². The quantitative estimate of drug-likeness (QED) is 0.339. The number of Topliss-reactive ketones (excluding diaryl/α,β-unsaturated/α-hetero) is 1. The number of hydrogen-bond donors (Lipinski definition) is 0. The standard InChI is InChI=1S/C13H12N2O5/c1-2-20-13(17)9(8-14)7-12(16)10-5-3-4-6-11(10)15(18)19/h3-6,9H,2,7H2,1H3. The minimum absolute atomic E-state index is 0.0939. The summed E-state index contributed by atoms with van der Waals surface area (Å²) in [6.07, 6.45) is -0.444. The van der Waals surface area contributed by atoms with Crippen LogP contribution in [0.3, 0.4) is 0 Å². The van der Waals surface area contributed by atoms with Gasteiger partial charge in [0.05, 0.1) is 23.2 Å². The molecule has 0 fully saturated rings. The Morgan fingerprint density at radius 3 is 2.65 bits per heavy atom. The van der Waals surface area contributed by atoms with E-state index in [-0.39, 0.29) is 17.9 Å². The number of para-hydroxylation sites is 1. The Labute approximate surface area is 114 Å². The first kappa shape index (κ1) is 15.3. The van der Waals surface area contributed by atoms with Crippen LogP contribution in [0.25, 0.3) is 0 Å². The summed E-state index contributed by atoms with van der Waals surface area (Å²) in [4.78, 5) is 33.5. The molecule has 0 heterocycles. The van der Waals surface area contributed by atoms with Crippen LogP contribution in [0.4, 0.5) is 5.69 Å². The second-order valence-corrected chi connectivity index (χ2v) is 3.84. The Kier molecular flexibility index (Phi) is 5.35. The van der Waals surface area contributed by atoms with Crippen LogP contribution in [0.1, 0.15) is 23.7 Å². The number of nitriles is 1. The molecule has 0 spiro atoms. The number of carbonyl (C=O) groups is 2. The third-order valence-corrected chi connectivity index (χ3v) is 2.52. The molecule has 1 unspecified atom stereocenters. The summed E-state index contributed by atoms with van der Waals surface area (Å²) in [6.45, 7) is 1.67. The molecule has 7 heteroatoms. The maximum atomic E-state index is 12.0. The normalized spacial score (nSPS) is 11.2. The monoisotopic (exact) mass is 276 g/mol. The van der Waals surface area contributed by atoms with E-state index in [2.05, 4.69) is 4.74 Å². The van der Waals surface area contributed by atoms with Gasteiger partial charge in [0.2, 0.25) is 0 Å². The zero-order valence-electron chi connectivity index (χ0n) is 10.7. The molecule has 104 valence electrons. The predicted octanol–water partition coefficient (Wildman–Crippen LogP) is 1.87. The topological polar surface area (TPSA) is 110 Å². The minimum atomic E-state index is -1.26. The lowest BCUT2D eigenvalue weighted by atomic mass is 9.98. The predicted molar refractivity (Wildman–Crippen MR) is 67.8 cm³/mol. The fraction of sp³-hybridized carbons (Fsp3) is 0.308. The maximum absolute atomic E-state index is 12.0. The SMILES string of the molecule is CCOC(=O)C(C#N)CC(=O)c1ccccc1[N+](=O)[O-]. The number of ether oxygens (including phenoxy) is 1. The van der Waals surface area contributed by atoms with Crippen molar-refractivity contribution < 1.29 is 19.2 Å². The van der Waals surface area contributed by atoms with Gasteiger partial charge in [0.1, 0.15) is 0 Å². The lowest BCUT2D eigenvalue weighted by Crippen LogP contribution is -2.20. The molecule has 0 radical (unpaired) electrons. The number of carbonyl (C=O) groups excluding carboxylic acids is 2. The Hall–Kier alpha value is -2.75. The van der Waals surface area contributed by atoms with E-state index < -0.39 is 29.0 Å². The molecule has 0 aliphatic carbocycles. The van der Waals surface area contributed by atoms with Crippen molar-refractivity contribution in [3.63, 3.8) is 0 Å². The molecule has 0 aromatic heterocycles. The van der Waals surface area contributed by atoms with Crippen LogP contribution in [-0.4, -0.2) is 23.3 Å². The summed E-state index contributed by atoms with van der Waals surface area (Å²) in [5.74, 6) is -2.71. The largest absolute Gasteiger partial charge is 0.465 e. The Bertz CT molecular complexity index is 576. The molecule has 1 aromatic carbocycles. The zero-order chi connectivity index (χ0) is 15.1. The molecule has 0 aliphatic heterocycles. The average molecular weight is 276 g/mol. The van der Waals surface area contributed by atoms with Gasteiger partial charge in [-0.3, -0.25) is 19.7 Å². The molecule has 0 N–H and O–H groups in total. The van der Waals surface area contributed by atoms with E-state index in [0.717, 1.165) is 0 Å². The first-order valence-corrected chi connectivity index (χ1v) is 5.84. The van der Waals surface area contributed by atoms with E-state index in [1.165, 1.54) is 24.3 Å². The van der Waals surface area contributed by atoms with E-state index in [9.17, 15) is 19.7 Å². The highest BCUT2D eigenvalue weighted by Crippen LogP contribution is 2.21. The van der Waals surface area contributed by atoms with Gasteiger partial charge in [0, 0.05) is 12.5 Å². The van der Waals surface area contributed by atoms with Gasteiger partial charge in [-0.2, -0.15) is 5.26 Å². The number of esters is 1. The lowest BCUT2D eigenvalue weighted by Gasteiger charge is -2.07. The first-order chi connectivity index (χ1) is 9.51. The molecule has 0 bridgehead atoms. The number of benzene rings is 1. The summed E-state index contributed by atoms with van der Waals surface area (Å²) in [5.41, 5.74) is -0.472. The van der Waals surface area contributed by atoms with Crippen molar-refractivity contribution in [3.8, 4) is 6.07 Å². The fourth-order valence-electron chi connectivity index (χ4n) is 1.59. The molecule has 1 atom stereocenters. The van der Waals surface area contributed by atoms with Crippen LogP contribution in [-0.2, 0) is 9.53 Å². The molecule has 1 rings (SSSR count). The van der Waals surface area contributed by atoms with Gasteiger partial charge < -0.3 is 4.74 Å². The highest BCUT2D eigenvalue weighted by Gasteiger charge is 2.27. The van der Waals surface area contributed by atoms with Crippen LogP contribution >= 0.6 is 0 Å².